The minimum Gasteiger partial charge on any atom is -0.494 e. The summed E-state index contributed by atoms with van der Waals surface area (Å²) in [5, 5.41) is 19.4. The van der Waals surface area contributed by atoms with Crippen molar-refractivity contribution in [2.24, 2.45) is 0 Å². The van der Waals surface area contributed by atoms with Gasteiger partial charge in [0.1, 0.15) is 0 Å². The third-order valence-electron chi connectivity index (χ3n) is 6.44. The first-order valence-corrected chi connectivity index (χ1v) is 11.0. The molecule has 1 unspecified atom stereocenters. The lowest BCUT2D eigenvalue weighted by atomic mass is 9.97. The number of hydrogen-bond donors (Lipinski definition) is 2. The number of aliphatic hydroxyl groups is 1. The third kappa shape index (κ3) is 3.71. The molecule has 4 aromatic rings. The van der Waals surface area contributed by atoms with Crippen molar-refractivity contribution in [3.05, 3.63) is 36.2 Å². The molecule has 0 spiro atoms. The predicted molar refractivity (Wildman–Crippen MR) is 122 cm³/mol. The Morgan fingerprint density at radius 3 is 2.85 bits per heavy atom. The van der Waals surface area contributed by atoms with Gasteiger partial charge in [-0.2, -0.15) is 9.61 Å². The van der Waals surface area contributed by atoms with Crippen LogP contribution in [0.15, 0.2) is 24.5 Å². The summed E-state index contributed by atoms with van der Waals surface area (Å²) in [5.41, 5.74) is 8.12. The van der Waals surface area contributed by atoms with Gasteiger partial charge in [-0.3, -0.25) is 4.68 Å². The fourth-order valence-corrected chi connectivity index (χ4v) is 4.33. The lowest BCUT2D eigenvalue weighted by molar-refractivity contribution is 0.132. The van der Waals surface area contributed by atoms with E-state index in [-0.39, 0.29) is 23.7 Å². The smallest absolute Gasteiger partial charge is 0.223 e. The lowest BCUT2D eigenvalue weighted by Crippen LogP contribution is -2.34. The van der Waals surface area contributed by atoms with Gasteiger partial charge in [-0.05, 0) is 32.8 Å². The molecule has 4 heterocycles. The molecule has 0 aliphatic carbocycles. The number of anilines is 2. The van der Waals surface area contributed by atoms with Crippen molar-refractivity contribution in [1.82, 2.24) is 29.4 Å². The monoisotopic (exact) mass is 454 g/mol. The summed E-state index contributed by atoms with van der Waals surface area (Å²) in [5.74, 6) is 0.531. The number of nitrogens with two attached hydrogens (primary N) is 1. The van der Waals surface area contributed by atoms with Crippen LogP contribution in [0, 0.1) is 5.82 Å². The summed E-state index contributed by atoms with van der Waals surface area (Å²) >= 11 is 0. The van der Waals surface area contributed by atoms with Gasteiger partial charge in [-0.1, -0.05) is 0 Å². The summed E-state index contributed by atoms with van der Waals surface area (Å²) in [7, 11) is 1.41. The van der Waals surface area contributed by atoms with Crippen LogP contribution in [0.5, 0.6) is 5.75 Å². The molecule has 33 heavy (non-hydrogen) atoms. The number of aromatic nitrogens is 6. The molecule has 0 amide bonds. The van der Waals surface area contributed by atoms with Crippen LogP contribution in [0.1, 0.15) is 44.5 Å². The summed E-state index contributed by atoms with van der Waals surface area (Å²) < 4.78 is 22.7. The van der Waals surface area contributed by atoms with E-state index < -0.39 is 11.9 Å². The van der Waals surface area contributed by atoms with Crippen molar-refractivity contribution in [3.63, 3.8) is 0 Å². The molecule has 11 heteroatoms. The highest BCUT2D eigenvalue weighted by Crippen LogP contribution is 2.31. The van der Waals surface area contributed by atoms with Gasteiger partial charge < -0.3 is 20.5 Å². The van der Waals surface area contributed by atoms with Gasteiger partial charge >= 0.3 is 0 Å². The molecule has 3 aromatic heterocycles. The molecule has 0 radical (unpaired) electrons. The first-order valence-electron chi connectivity index (χ1n) is 11.0. The van der Waals surface area contributed by atoms with E-state index in [2.05, 4.69) is 20.1 Å². The fraction of sp³-hybridized carbons (Fsp3) is 0.455. The predicted octanol–water partition coefficient (Wildman–Crippen LogP) is 2.53. The summed E-state index contributed by atoms with van der Waals surface area (Å²) in [4.78, 5) is 11.4. The first kappa shape index (κ1) is 21.4. The molecular formula is C22H27FN8O2. The van der Waals surface area contributed by atoms with Crippen molar-refractivity contribution >= 4 is 28.2 Å². The largest absolute Gasteiger partial charge is 0.494 e. The Kier molecular flexibility index (Phi) is 5.28. The van der Waals surface area contributed by atoms with E-state index in [1.165, 1.54) is 23.8 Å². The Hall–Kier alpha value is -3.47. The number of nitrogen functional groups attached to an aromatic ring is 1. The number of ether oxygens (including phenoxy) is 1. The van der Waals surface area contributed by atoms with Crippen LogP contribution in [0.4, 0.5) is 16.0 Å². The zero-order valence-corrected chi connectivity index (χ0v) is 18.8. The highest BCUT2D eigenvalue weighted by Gasteiger charge is 2.27. The summed E-state index contributed by atoms with van der Waals surface area (Å²) in [6.07, 6.45) is 5.19. The Morgan fingerprint density at radius 1 is 1.27 bits per heavy atom. The molecule has 3 atom stereocenters. The first-order chi connectivity index (χ1) is 15.9. The molecule has 174 valence electrons. The van der Waals surface area contributed by atoms with E-state index in [0.29, 0.717) is 22.4 Å². The molecule has 1 aliphatic heterocycles. The van der Waals surface area contributed by atoms with Crippen LogP contribution in [0.2, 0.25) is 0 Å². The molecule has 1 fully saturated rings. The molecule has 1 aromatic carbocycles. The number of piperidine rings is 1. The number of fused-ring (bicyclic) bond motifs is 3. The van der Waals surface area contributed by atoms with Gasteiger partial charge in [0, 0.05) is 36.7 Å². The molecule has 1 saturated heterocycles. The zero-order valence-electron chi connectivity index (χ0n) is 18.8. The highest BCUT2D eigenvalue weighted by atomic mass is 19.1. The second kappa shape index (κ2) is 8.14. The van der Waals surface area contributed by atoms with Crippen LogP contribution in [-0.2, 0) is 0 Å². The standard InChI is InChI=1S/C22H27FN8O2/c1-12(13(2)32)30-11-15(9-25-30)29-6-4-5-14(10-29)20-27-21-16-7-17(23)19(33-3)8-18(16)26-22(24)31(21)28-20/h7-9,11-14,32H,4-6,10H2,1-3H3,(H2,24,26)/t12-,13+,14?/m0/s1. The van der Waals surface area contributed by atoms with E-state index in [0.717, 1.165) is 31.6 Å². The number of benzene rings is 1. The third-order valence-corrected chi connectivity index (χ3v) is 6.44. The van der Waals surface area contributed by atoms with Crippen molar-refractivity contribution < 1.29 is 14.2 Å². The SMILES string of the molecule is COc1cc2nc(N)n3nc(C4CCCN(c5cnn([C@@H](C)[C@@H](C)O)c5)C4)nc3c2cc1F. The van der Waals surface area contributed by atoms with Gasteiger partial charge in [-0.25, -0.2) is 14.4 Å². The Bertz CT molecular complexity index is 1320. The van der Waals surface area contributed by atoms with Gasteiger partial charge in [0.05, 0.1) is 36.7 Å². The van der Waals surface area contributed by atoms with E-state index in [9.17, 15) is 9.50 Å². The number of methoxy groups -OCH3 is 1. The minimum absolute atomic E-state index is 0.0775. The van der Waals surface area contributed by atoms with Crippen LogP contribution in [0.25, 0.3) is 16.6 Å². The Morgan fingerprint density at radius 2 is 2.09 bits per heavy atom. The quantitative estimate of drug-likeness (QED) is 0.472. The van der Waals surface area contributed by atoms with Crippen LogP contribution in [0.3, 0.4) is 0 Å². The fourth-order valence-electron chi connectivity index (χ4n) is 4.33. The van der Waals surface area contributed by atoms with Crippen molar-refractivity contribution in [2.75, 3.05) is 30.8 Å². The highest BCUT2D eigenvalue weighted by molar-refractivity contribution is 5.93. The topological polar surface area (TPSA) is 120 Å². The van der Waals surface area contributed by atoms with Crippen molar-refractivity contribution in [3.8, 4) is 5.75 Å². The number of rotatable bonds is 5. The number of nitrogens with zero attached hydrogens (tertiary/aromatic N) is 7. The maximum atomic E-state index is 14.4. The second-order valence-electron chi connectivity index (χ2n) is 8.62. The van der Waals surface area contributed by atoms with E-state index >= 15 is 0 Å². The zero-order chi connectivity index (χ0) is 23.3. The number of aliphatic hydroxyl groups excluding tert-OH is 1. The number of hydrogen-bond acceptors (Lipinski definition) is 8. The molecule has 0 saturated carbocycles. The van der Waals surface area contributed by atoms with Crippen molar-refractivity contribution in [1.29, 1.82) is 0 Å². The van der Waals surface area contributed by atoms with Gasteiger partial charge in [0.25, 0.3) is 0 Å². The summed E-state index contributed by atoms with van der Waals surface area (Å²) in [6, 6.07) is 2.77. The van der Waals surface area contributed by atoms with Crippen molar-refractivity contribution in [2.45, 2.75) is 44.8 Å². The maximum absolute atomic E-state index is 14.4. The normalized spacial score (nSPS) is 18.7. The molecule has 0 bridgehead atoms. The van der Waals surface area contributed by atoms with Gasteiger partial charge in [-0.15, -0.1) is 5.10 Å². The lowest BCUT2D eigenvalue weighted by Gasteiger charge is -2.32. The van der Waals surface area contributed by atoms with Crippen LogP contribution >= 0.6 is 0 Å². The van der Waals surface area contributed by atoms with Gasteiger partial charge in [0.15, 0.2) is 23.0 Å². The molecular weight excluding hydrogens is 427 g/mol. The average molecular weight is 455 g/mol. The molecule has 10 nitrogen and oxygen atoms in total. The van der Waals surface area contributed by atoms with E-state index in [1.54, 1.807) is 11.6 Å². The van der Waals surface area contributed by atoms with E-state index in [4.69, 9.17) is 15.5 Å². The average Bonchev–Trinajstić information content (AvgIpc) is 3.47. The Balaban J connectivity index is 1.47. The number of halogens is 1. The Labute approximate surface area is 189 Å². The molecule has 3 N–H and O–H groups in total. The minimum atomic E-state index is -0.493. The van der Waals surface area contributed by atoms with Gasteiger partial charge in [0.2, 0.25) is 5.95 Å². The van der Waals surface area contributed by atoms with E-state index in [1.807, 2.05) is 19.3 Å². The summed E-state index contributed by atoms with van der Waals surface area (Å²) in [6.45, 7) is 5.31. The molecule has 5 rings (SSSR count). The van der Waals surface area contributed by atoms with Crippen LogP contribution < -0.4 is 15.4 Å². The van der Waals surface area contributed by atoms with Crippen LogP contribution in [-0.4, -0.2) is 60.8 Å². The second-order valence-corrected chi connectivity index (χ2v) is 8.62. The maximum Gasteiger partial charge on any atom is 0.223 e. The molecule has 1 aliphatic rings.